The number of nitrogens with zero attached hydrogens (tertiary/aromatic N) is 2. The molecule has 2 aromatic carbocycles. The van der Waals surface area contributed by atoms with Crippen molar-refractivity contribution in [2.24, 2.45) is 4.99 Å². The Balaban J connectivity index is 1.59. The van der Waals surface area contributed by atoms with Crippen LogP contribution >= 0.6 is 11.3 Å². The standard InChI is InChI=1S/C27H31N3OS/c1-18(2)30-16-14-23(20(30)4)27(28-15-13-21-9-11-22(31)12-10-21)29-19(3)25-17-32-26-8-6-5-7-24(25)26/h5-12,17-18,31H,3,13-16H2,1-2,4H3,(H,28,29). The third kappa shape index (κ3) is 4.73. The van der Waals surface area contributed by atoms with Crippen LogP contribution in [0.2, 0.25) is 0 Å². The number of aliphatic imine (C=N–C) groups is 1. The zero-order valence-corrected chi connectivity index (χ0v) is 19.9. The number of phenolic OH excluding ortho intramolecular Hbond substituents is 1. The van der Waals surface area contributed by atoms with E-state index in [4.69, 9.17) is 4.99 Å². The molecule has 0 radical (unpaired) electrons. The van der Waals surface area contributed by atoms with E-state index in [-0.39, 0.29) is 0 Å². The predicted molar refractivity (Wildman–Crippen MR) is 137 cm³/mol. The summed E-state index contributed by atoms with van der Waals surface area (Å²) in [5.41, 5.74) is 5.74. The number of rotatable bonds is 7. The summed E-state index contributed by atoms with van der Waals surface area (Å²) in [4.78, 5) is 7.44. The fourth-order valence-corrected chi connectivity index (χ4v) is 5.26. The quantitative estimate of drug-likeness (QED) is 0.336. The molecule has 0 spiro atoms. The number of amidine groups is 1. The number of allylic oxidation sites excluding steroid dienone is 1. The van der Waals surface area contributed by atoms with E-state index in [0.29, 0.717) is 18.3 Å². The third-order valence-electron chi connectivity index (χ3n) is 6.06. The second-order valence-corrected chi connectivity index (χ2v) is 9.41. The number of thiophene rings is 1. The lowest BCUT2D eigenvalue weighted by atomic mass is 10.1. The van der Waals surface area contributed by atoms with E-state index in [0.717, 1.165) is 42.0 Å². The van der Waals surface area contributed by atoms with Crippen LogP contribution in [-0.4, -0.2) is 35.0 Å². The van der Waals surface area contributed by atoms with Crippen LogP contribution in [0.5, 0.6) is 5.75 Å². The van der Waals surface area contributed by atoms with Gasteiger partial charge in [0.2, 0.25) is 0 Å². The Bertz CT molecular complexity index is 1170. The van der Waals surface area contributed by atoms with Crippen molar-refractivity contribution >= 4 is 33.0 Å². The van der Waals surface area contributed by atoms with Gasteiger partial charge in [0.05, 0.1) is 0 Å². The minimum Gasteiger partial charge on any atom is -0.508 e. The molecule has 0 unspecified atom stereocenters. The molecule has 0 saturated heterocycles. The van der Waals surface area contributed by atoms with E-state index in [1.807, 2.05) is 12.1 Å². The molecule has 3 aromatic rings. The Hall–Kier alpha value is -3.05. The third-order valence-corrected chi connectivity index (χ3v) is 7.03. The molecule has 1 aliphatic heterocycles. The van der Waals surface area contributed by atoms with Crippen molar-refractivity contribution in [2.75, 3.05) is 13.1 Å². The minimum atomic E-state index is 0.291. The van der Waals surface area contributed by atoms with Gasteiger partial charge in [-0.15, -0.1) is 11.3 Å². The van der Waals surface area contributed by atoms with E-state index in [9.17, 15) is 5.11 Å². The van der Waals surface area contributed by atoms with Crippen LogP contribution in [0.15, 0.2) is 76.8 Å². The van der Waals surface area contributed by atoms with Gasteiger partial charge in [-0.3, -0.25) is 4.99 Å². The van der Waals surface area contributed by atoms with Gasteiger partial charge in [0.25, 0.3) is 0 Å². The Labute approximate surface area is 194 Å². The molecule has 0 amide bonds. The van der Waals surface area contributed by atoms with Crippen LogP contribution in [0, 0.1) is 0 Å². The maximum atomic E-state index is 9.52. The molecule has 2 heterocycles. The number of phenols is 1. The lowest BCUT2D eigenvalue weighted by Gasteiger charge is -2.24. The first kappa shape index (κ1) is 22.2. The van der Waals surface area contributed by atoms with E-state index in [1.54, 1.807) is 23.5 Å². The van der Waals surface area contributed by atoms with E-state index in [2.05, 4.69) is 67.2 Å². The summed E-state index contributed by atoms with van der Waals surface area (Å²) in [5.74, 6) is 1.21. The molecule has 5 heteroatoms. The molecule has 0 saturated carbocycles. The molecule has 32 heavy (non-hydrogen) atoms. The summed E-state index contributed by atoms with van der Waals surface area (Å²) in [6, 6.07) is 16.3. The predicted octanol–water partition coefficient (Wildman–Crippen LogP) is 6.20. The molecular formula is C27H31N3OS. The summed E-state index contributed by atoms with van der Waals surface area (Å²) in [6.45, 7) is 12.7. The molecule has 2 N–H and O–H groups in total. The summed E-state index contributed by atoms with van der Waals surface area (Å²) < 4.78 is 1.26. The smallest absolute Gasteiger partial charge is 0.130 e. The summed E-state index contributed by atoms with van der Waals surface area (Å²) in [6.07, 6.45) is 1.80. The summed E-state index contributed by atoms with van der Waals surface area (Å²) >= 11 is 1.74. The SMILES string of the molecule is C=C(NC(=NCCc1ccc(O)cc1)C1=C(C)N(C(C)C)CC1)c1csc2ccccc12. The summed E-state index contributed by atoms with van der Waals surface area (Å²) in [5, 5.41) is 16.5. The monoisotopic (exact) mass is 445 g/mol. The van der Waals surface area contributed by atoms with Gasteiger partial charge in [0.1, 0.15) is 11.6 Å². The molecule has 166 valence electrons. The minimum absolute atomic E-state index is 0.291. The average molecular weight is 446 g/mol. The Morgan fingerprint density at radius 1 is 1.19 bits per heavy atom. The number of benzene rings is 2. The first-order chi connectivity index (χ1) is 15.4. The van der Waals surface area contributed by atoms with Crippen molar-refractivity contribution in [3.05, 3.63) is 82.9 Å². The van der Waals surface area contributed by atoms with Gasteiger partial charge in [-0.05, 0) is 57.4 Å². The van der Waals surface area contributed by atoms with Crippen LogP contribution in [0.25, 0.3) is 15.8 Å². The van der Waals surface area contributed by atoms with Crippen molar-refractivity contribution in [1.82, 2.24) is 10.2 Å². The van der Waals surface area contributed by atoms with Gasteiger partial charge in [0.15, 0.2) is 0 Å². The normalized spacial score (nSPS) is 14.6. The summed E-state index contributed by atoms with van der Waals surface area (Å²) in [7, 11) is 0. The van der Waals surface area contributed by atoms with Crippen LogP contribution in [0.1, 0.15) is 38.3 Å². The zero-order chi connectivity index (χ0) is 22.7. The Morgan fingerprint density at radius 3 is 2.66 bits per heavy atom. The first-order valence-electron chi connectivity index (χ1n) is 11.2. The van der Waals surface area contributed by atoms with Crippen molar-refractivity contribution in [3.63, 3.8) is 0 Å². The number of hydrogen-bond acceptors (Lipinski definition) is 4. The van der Waals surface area contributed by atoms with E-state index >= 15 is 0 Å². The van der Waals surface area contributed by atoms with Crippen LogP contribution in [0.4, 0.5) is 0 Å². The van der Waals surface area contributed by atoms with Crippen LogP contribution < -0.4 is 5.32 Å². The van der Waals surface area contributed by atoms with Gasteiger partial charge in [-0.1, -0.05) is 36.9 Å². The first-order valence-corrected chi connectivity index (χ1v) is 12.0. The molecule has 4 rings (SSSR count). The highest BCUT2D eigenvalue weighted by atomic mass is 32.1. The lowest BCUT2D eigenvalue weighted by Crippen LogP contribution is -2.27. The van der Waals surface area contributed by atoms with Crippen molar-refractivity contribution in [1.29, 1.82) is 0 Å². The second-order valence-electron chi connectivity index (χ2n) is 8.50. The topological polar surface area (TPSA) is 47.9 Å². The van der Waals surface area contributed by atoms with Crippen LogP contribution in [0.3, 0.4) is 0 Å². The molecule has 1 aromatic heterocycles. The maximum Gasteiger partial charge on any atom is 0.130 e. The van der Waals surface area contributed by atoms with Gasteiger partial charge >= 0.3 is 0 Å². The average Bonchev–Trinajstić information content (AvgIpc) is 3.38. The Morgan fingerprint density at radius 2 is 1.94 bits per heavy atom. The van der Waals surface area contributed by atoms with E-state index < -0.39 is 0 Å². The molecule has 0 atom stereocenters. The van der Waals surface area contributed by atoms with Crippen LogP contribution in [-0.2, 0) is 6.42 Å². The second kappa shape index (κ2) is 9.61. The van der Waals surface area contributed by atoms with Gasteiger partial charge < -0.3 is 15.3 Å². The highest BCUT2D eigenvalue weighted by Crippen LogP contribution is 2.30. The molecule has 0 aliphatic carbocycles. The van der Waals surface area contributed by atoms with Gasteiger partial charge in [-0.2, -0.15) is 0 Å². The number of hydrogen-bond donors (Lipinski definition) is 2. The zero-order valence-electron chi connectivity index (χ0n) is 19.1. The fraction of sp³-hybridized carbons (Fsp3) is 0.296. The largest absolute Gasteiger partial charge is 0.508 e. The van der Waals surface area contributed by atoms with Crippen molar-refractivity contribution in [2.45, 2.75) is 39.7 Å². The Kier molecular flexibility index (Phi) is 6.66. The molecule has 0 bridgehead atoms. The molecule has 1 aliphatic rings. The lowest BCUT2D eigenvalue weighted by molar-refractivity contribution is 0.310. The highest BCUT2D eigenvalue weighted by Gasteiger charge is 2.25. The van der Waals surface area contributed by atoms with Crippen molar-refractivity contribution < 1.29 is 5.11 Å². The molecule has 4 nitrogen and oxygen atoms in total. The van der Waals surface area contributed by atoms with E-state index in [1.165, 1.54) is 21.4 Å². The number of fused-ring (bicyclic) bond motifs is 1. The molecular weight excluding hydrogens is 414 g/mol. The van der Waals surface area contributed by atoms with Crippen molar-refractivity contribution in [3.8, 4) is 5.75 Å². The number of aromatic hydroxyl groups is 1. The number of nitrogens with one attached hydrogen (secondary N) is 1. The van der Waals surface area contributed by atoms with Gasteiger partial charge in [-0.25, -0.2) is 0 Å². The maximum absolute atomic E-state index is 9.52. The van der Waals surface area contributed by atoms with Gasteiger partial charge in [0, 0.05) is 57.1 Å². The fourth-order valence-electron chi connectivity index (χ4n) is 4.28. The molecule has 0 fully saturated rings. The highest BCUT2D eigenvalue weighted by molar-refractivity contribution is 7.17.